The molecule has 0 saturated heterocycles. The standard InChI is InChI=1S/C21H25F2N3O3/c1-3-14(2)25-21(28)26-18(27)13-24-19(15-7-5-4-6-8-15)16-9-11-17(12-10-16)29-20(22)23/h4-12,14,19-20,24H,3,13H2,1-2H3,(H2,25,26,27,28)/p+1/t14-,19+/m1/s1. The van der Waals surface area contributed by atoms with Crippen LogP contribution in [0.4, 0.5) is 13.6 Å². The van der Waals surface area contributed by atoms with Crippen molar-refractivity contribution in [1.82, 2.24) is 10.6 Å². The SMILES string of the molecule is CC[C@@H](C)NC(=O)NC(=O)C[NH2+][C@@H](c1ccccc1)c1ccc(OC(F)F)cc1. The lowest BCUT2D eigenvalue weighted by molar-refractivity contribution is -0.676. The van der Waals surface area contributed by atoms with Crippen molar-refractivity contribution in [2.24, 2.45) is 0 Å². The first kappa shape index (κ1) is 22.3. The Kier molecular flexibility index (Phi) is 8.54. The fraction of sp³-hybridized carbons (Fsp3) is 0.333. The summed E-state index contributed by atoms with van der Waals surface area (Å²) in [5.41, 5.74) is 1.75. The average molecular weight is 406 g/mol. The van der Waals surface area contributed by atoms with Crippen molar-refractivity contribution in [2.75, 3.05) is 6.54 Å². The van der Waals surface area contributed by atoms with E-state index < -0.39 is 18.5 Å². The van der Waals surface area contributed by atoms with E-state index in [9.17, 15) is 18.4 Å². The Balaban J connectivity index is 2.06. The van der Waals surface area contributed by atoms with Gasteiger partial charge >= 0.3 is 12.6 Å². The van der Waals surface area contributed by atoms with Crippen LogP contribution in [0.5, 0.6) is 5.75 Å². The first-order valence-corrected chi connectivity index (χ1v) is 9.42. The summed E-state index contributed by atoms with van der Waals surface area (Å²) in [6.45, 7) is 0.914. The van der Waals surface area contributed by atoms with Crippen molar-refractivity contribution in [3.63, 3.8) is 0 Å². The maximum atomic E-state index is 12.4. The monoisotopic (exact) mass is 406 g/mol. The van der Waals surface area contributed by atoms with Gasteiger partial charge in [-0.1, -0.05) is 37.3 Å². The van der Waals surface area contributed by atoms with E-state index in [0.717, 1.165) is 17.5 Å². The molecule has 2 atom stereocenters. The quantitative estimate of drug-likeness (QED) is 0.599. The topological polar surface area (TPSA) is 84.0 Å². The van der Waals surface area contributed by atoms with Crippen molar-refractivity contribution >= 4 is 11.9 Å². The average Bonchev–Trinajstić information content (AvgIpc) is 2.69. The Morgan fingerprint density at radius 2 is 1.66 bits per heavy atom. The largest absolute Gasteiger partial charge is 0.435 e. The summed E-state index contributed by atoms with van der Waals surface area (Å²) in [5, 5.41) is 6.77. The molecule has 0 aliphatic heterocycles. The van der Waals surface area contributed by atoms with Gasteiger partial charge in [0.25, 0.3) is 5.91 Å². The van der Waals surface area contributed by atoms with Crippen LogP contribution in [0.2, 0.25) is 0 Å². The minimum atomic E-state index is -2.89. The van der Waals surface area contributed by atoms with Gasteiger partial charge in [0.1, 0.15) is 11.8 Å². The van der Waals surface area contributed by atoms with Crippen molar-refractivity contribution in [2.45, 2.75) is 39.0 Å². The Labute approximate surface area is 168 Å². The summed E-state index contributed by atoms with van der Waals surface area (Å²) in [6.07, 6.45) is 0.759. The normalized spacial score (nSPS) is 12.9. The molecular formula is C21H26F2N3O3+. The molecule has 3 amide bonds. The van der Waals surface area contributed by atoms with Gasteiger partial charge in [-0.3, -0.25) is 10.1 Å². The molecule has 2 aromatic rings. The molecule has 0 bridgehead atoms. The minimum Gasteiger partial charge on any atom is -0.435 e. The fourth-order valence-electron chi connectivity index (χ4n) is 2.75. The van der Waals surface area contributed by atoms with Crippen LogP contribution in [0, 0.1) is 0 Å². The molecule has 2 aromatic carbocycles. The van der Waals surface area contributed by atoms with Crippen LogP contribution in [0.1, 0.15) is 37.4 Å². The zero-order valence-electron chi connectivity index (χ0n) is 16.4. The number of urea groups is 1. The first-order chi connectivity index (χ1) is 13.9. The van der Waals surface area contributed by atoms with Crippen LogP contribution < -0.4 is 20.7 Å². The lowest BCUT2D eigenvalue weighted by Gasteiger charge is -2.17. The van der Waals surface area contributed by atoms with Gasteiger partial charge in [-0.15, -0.1) is 0 Å². The van der Waals surface area contributed by atoms with Gasteiger partial charge in [-0.2, -0.15) is 8.78 Å². The van der Waals surface area contributed by atoms with Gasteiger partial charge in [-0.05, 0) is 37.6 Å². The van der Waals surface area contributed by atoms with Crippen LogP contribution in [0.3, 0.4) is 0 Å². The van der Waals surface area contributed by atoms with Gasteiger partial charge in [-0.25, -0.2) is 4.79 Å². The van der Waals surface area contributed by atoms with E-state index in [-0.39, 0.29) is 24.4 Å². The second-order valence-corrected chi connectivity index (χ2v) is 6.61. The molecule has 156 valence electrons. The molecule has 0 heterocycles. The first-order valence-electron chi connectivity index (χ1n) is 9.42. The zero-order valence-corrected chi connectivity index (χ0v) is 16.4. The van der Waals surface area contributed by atoms with Crippen molar-refractivity contribution in [3.8, 4) is 5.75 Å². The number of alkyl halides is 2. The Morgan fingerprint density at radius 1 is 1.03 bits per heavy atom. The number of amides is 3. The third kappa shape index (κ3) is 7.50. The van der Waals surface area contributed by atoms with Gasteiger partial charge < -0.3 is 15.4 Å². The van der Waals surface area contributed by atoms with Crippen LogP contribution >= 0.6 is 0 Å². The zero-order chi connectivity index (χ0) is 21.2. The summed E-state index contributed by atoms with van der Waals surface area (Å²) in [5.74, 6) is -0.362. The number of hydrogen-bond acceptors (Lipinski definition) is 3. The molecule has 2 rings (SSSR count). The number of imide groups is 1. The molecule has 6 nitrogen and oxygen atoms in total. The molecule has 0 aliphatic carbocycles. The van der Waals surface area contributed by atoms with E-state index in [4.69, 9.17) is 0 Å². The van der Waals surface area contributed by atoms with E-state index >= 15 is 0 Å². The van der Waals surface area contributed by atoms with Crippen LogP contribution in [-0.4, -0.2) is 31.1 Å². The number of nitrogens with one attached hydrogen (secondary N) is 2. The molecule has 0 unspecified atom stereocenters. The van der Waals surface area contributed by atoms with Gasteiger partial charge in [0, 0.05) is 17.2 Å². The smallest absolute Gasteiger partial charge is 0.387 e. The van der Waals surface area contributed by atoms with Crippen molar-refractivity contribution < 1.29 is 28.4 Å². The highest BCUT2D eigenvalue weighted by atomic mass is 19.3. The molecule has 0 aliphatic rings. The molecule has 0 spiro atoms. The molecule has 0 aromatic heterocycles. The van der Waals surface area contributed by atoms with Gasteiger partial charge in [0.15, 0.2) is 6.54 Å². The highest BCUT2D eigenvalue weighted by Gasteiger charge is 2.20. The van der Waals surface area contributed by atoms with Crippen molar-refractivity contribution in [1.29, 1.82) is 0 Å². The number of carbonyl (C=O) groups excluding carboxylic acids is 2. The molecule has 4 N–H and O–H groups in total. The predicted octanol–water partition coefficient (Wildman–Crippen LogP) is 2.57. The summed E-state index contributed by atoms with van der Waals surface area (Å²) >= 11 is 0. The third-order valence-electron chi connectivity index (χ3n) is 4.40. The van der Waals surface area contributed by atoms with Crippen LogP contribution in [-0.2, 0) is 4.79 Å². The second-order valence-electron chi connectivity index (χ2n) is 6.61. The van der Waals surface area contributed by atoms with E-state index in [1.165, 1.54) is 12.1 Å². The summed E-state index contributed by atoms with van der Waals surface area (Å²) in [7, 11) is 0. The number of carbonyl (C=O) groups is 2. The highest BCUT2D eigenvalue weighted by Crippen LogP contribution is 2.22. The van der Waals surface area contributed by atoms with Gasteiger partial charge in [0.2, 0.25) is 0 Å². The van der Waals surface area contributed by atoms with E-state index in [0.29, 0.717) is 0 Å². The highest BCUT2D eigenvalue weighted by molar-refractivity contribution is 5.94. The molecule has 0 radical (unpaired) electrons. The summed E-state index contributed by atoms with van der Waals surface area (Å²) < 4.78 is 29.1. The lowest BCUT2D eigenvalue weighted by atomic mass is 9.98. The van der Waals surface area contributed by atoms with E-state index in [1.807, 2.05) is 44.2 Å². The predicted molar refractivity (Wildman–Crippen MR) is 105 cm³/mol. The minimum absolute atomic E-state index is 0.0166. The number of rotatable bonds is 9. The maximum Gasteiger partial charge on any atom is 0.387 e. The van der Waals surface area contributed by atoms with Crippen LogP contribution in [0.15, 0.2) is 54.6 Å². The fourth-order valence-corrected chi connectivity index (χ4v) is 2.75. The number of halogens is 2. The maximum absolute atomic E-state index is 12.4. The third-order valence-corrected chi connectivity index (χ3v) is 4.40. The molecular weight excluding hydrogens is 380 g/mol. The number of benzene rings is 2. The van der Waals surface area contributed by atoms with Crippen LogP contribution in [0.25, 0.3) is 0 Å². The van der Waals surface area contributed by atoms with E-state index in [1.54, 1.807) is 17.4 Å². The molecule has 8 heteroatoms. The molecule has 0 saturated carbocycles. The number of ether oxygens (including phenoxy) is 1. The summed E-state index contributed by atoms with van der Waals surface area (Å²) in [6, 6.07) is 15.0. The number of hydrogen-bond donors (Lipinski definition) is 3. The Morgan fingerprint density at radius 3 is 2.24 bits per heavy atom. The number of nitrogens with two attached hydrogens (primary N) is 1. The second kappa shape index (κ2) is 11.1. The molecule has 29 heavy (non-hydrogen) atoms. The summed E-state index contributed by atoms with van der Waals surface area (Å²) in [4.78, 5) is 24.0. The van der Waals surface area contributed by atoms with E-state index in [2.05, 4.69) is 15.4 Å². The van der Waals surface area contributed by atoms with Crippen molar-refractivity contribution in [3.05, 3.63) is 65.7 Å². The lowest BCUT2D eigenvalue weighted by Crippen LogP contribution is -2.88. The molecule has 0 fully saturated rings. The Hall–Kier alpha value is -3.00. The van der Waals surface area contributed by atoms with Gasteiger partial charge in [0.05, 0.1) is 0 Å². The number of quaternary nitrogens is 1. The Bertz CT molecular complexity index is 786.